The number of halogens is 1. The van der Waals surface area contributed by atoms with Crippen molar-refractivity contribution in [2.75, 3.05) is 25.6 Å². The number of hydrogen-bond donors (Lipinski definition) is 0. The van der Waals surface area contributed by atoms with E-state index in [-0.39, 0.29) is 5.92 Å². The molecule has 114 valence electrons. The largest absolute Gasteiger partial charge is 0.494 e. The molecule has 0 saturated heterocycles. The fourth-order valence-electron chi connectivity index (χ4n) is 2.14. The Morgan fingerprint density at radius 1 is 1.09 bits per heavy atom. The summed E-state index contributed by atoms with van der Waals surface area (Å²) in [5, 5.41) is 10.0. The fraction of sp³-hybridized carbons (Fsp3) is 0.278. The summed E-state index contributed by atoms with van der Waals surface area (Å²) >= 11 is 5.83. The van der Waals surface area contributed by atoms with Crippen LogP contribution in [0.1, 0.15) is 17.9 Å². The van der Waals surface area contributed by atoms with E-state index in [1.807, 2.05) is 55.4 Å². The predicted octanol–water partition coefficient (Wildman–Crippen LogP) is 4.48. The van der Waals surface area contributed by atoms with Crippen molar-refractivity contribution in [1.29, 1.82) is 5.26 Å². The second-order valence-corrected chi connectivity index (χ2v) is 5.70. The summed E-state index contributed by atoms with van der Waals surface area (Å²) in [5.74, 6) is 0.604. The normalized spacial score (nSPS) is 11.5. The third kappa shape index (κ3) is 4.41. The highest BCUT2D eigenvalue weighted by Gasteiger charge is 2.11. The number of nitriles is 1. The van der Waals surface area contributed by atoms with Crippen molar-refractivity contribution < 1.29 is 4.74 Å². The van der Waals surface area contributed by atoms with Gasteiger partial charge in [0.2, 0.25) is 0 Å². The summed E-state index contributed by atoms with van der Waals surface area (Å²) in [6, 6.07) is 17.7. The average molecular weight is 315 g/mol. The van der Waals surface area contributed by atoms with Gasteiger partial charge in [0.25, 0.3) is 0 Å². The molecule has 22 heavy (non-hydrogen) atoms. The van der Waals surface area contributed by atoms with Gasteiger partial charge in [0, 0.05) is 31.2 Å². The van der Waals surface area contributed by atoms with Crippen LogP contribution >= 0.6 is 11.6 Å². The first kappa shape index (κ1) is 16.2. The first-order chi connectivity index (χ1) is 10.6. The lowest BCUT2D eigenvalue weighted by molar-refractivity contribution is 0.306. The van der Waals surface area contributed by atoms with Crippen molar-refractivity contribution in [1.82, 2.24) is 0 Å². The number of benzene rings is 2. The molecule has 0 spiro atoms. The number of hydrogen-bond acceptors (Lipinski definition) is 3. The van der Waals surface area contributed by atoms with Crippen molar-refractivity contribution in [3.63, 3.8) is 0 Å². The first-order valence-electron chi connectivity index (χ1n) is 7.15. The van der Waals surface area contributed by atoms with E-state index < -0.39 is 0 Å². The van der Waals surface area contributed by atoms with Gasteiger partial charge in [-0.05, 0) is 42.0 Å². The van der Waals surface area contributed by atoms with Gasteiger partial charge in [0.05, 0.1) is 18.6 Å². The van der Waals surface area contributed by atoms with Crippen LogP contribution in [0, 0.1) is 11.3 Å². The van der Waals surface area contributed by atoms with Crippen LogP contribution in [0.25, 0.3) is 0 Å². The lowest BCUT2D eigenvalue weighted by Gasteiger charge is -2.15. The smallest absolute Gasteiger partial charge is 0.119 e. The molecule has 3 nitrogen and oxygen atoms in total. The first-order valence-corrected chi connectivity index (χ1v) is 7.53. The maximum Gasteiger partial charge on any atom is 0.119 e. The van der Waals surface area contributed by atoms with Crippen molar-refractivity contribution in [2.24, 2.45) is 0 Å². The topological polar surface area (TPSA) is 36.3 Å². The van der Waals surface area contributed by atoms with E-state index in [0.717, 1.165) is 17.0 Å². The molecule has 0 amide bonds. The third-order valence-electron chi connectivity index (χ3n) is 3.46. The molecule has 0 radical (unpaired) electrons. The number of rotatable bonds is 6. The van der Waals surface area contributed by atoms with Crippen LogP contribution in [-0.4, -0.2) is 20.7 Å². The predicted molar refractivity (Wildman–Crippen MR) is 90.7 cm³/mol. The highest BCUT2D eigenvalue weighted by Crippen LogP contribution is 2.23. The molecule has 0 bridgehead atoms. The Bertz CT molecular complexity index is 630. The molecule has 0 aromatic heterocycles. The SMILES string of the molecule is CN(C)c1ccc(C(C#N)CCOc2ccc(Cl)cc2)cc1. The zero-order valence-electron chi connectivity index (χ0n) is 12.8. The monoisotopic (exact) mass is 314 g/mol. The standard InChI is InChI=1S/C18H19ClN2O/c1-21(2)17-7-3-14(4-8-17)15(13-20)11-12-22-18-9-5-16(19)6-10-18/h3-10,15H,11-12H2,1-2H3. The van der Waals surface area contributed by atoms with E-state index in [4.69, 9.17) is 16.3 Å². The molecule has 0 aliphatic rings. The highest BCUT2D eigenvalue weighted by atomic mass is 35.5. The van der Waals surface area contributed by atoms with Gasteiger partial charge >= 0.3 is 0 Å². The van der Waals surface area contributed by atoms with Gasteiger partial charge in [-0.1, -0.05) is 23.7 Å². The summed E-state index contributed by atoms with van der Waals surface area (Å²) in [6.45, 7) is 0.495. The minimum absolute atomic E-state index is 0.163. The molecule has 0 saturated carbocycles. The van der Waals surface area contributed by atoms with Gasteiger partial charge in [-0.2, -0.15) is 5.26 Å². The molecule has 2 aromatic rings. The van der Waals surface area contributed by atoms with Gasteiger partial charge in [-0.3, -0.25) is 0 Å². The van der Waals surface area contributed by atoms with Gasteiger partial charge in [0.1, 0.15) is 5.75 Å². The van der Waals surface area contributed by atoms with Gasteiger partial charge < -0.3 is 9.64 Å². The van der Waals surface area contributed by atoms with Crippen molar-refractivity contribution in [3.05, 3.63) is 59.1 Å². The second-order valence-electron chi connectivity index (χ2n) is 5.26. The third-order valence-corrected chi connectivity index (χ3v) is 3.71. The zero-order valence-corrected chi connectivity index (χ0v) is 13.5. The highest BCUT2D eigenvalue weighted by molar-refractivity contribution is 6.30. The molecule has 0 aliphatic heterocycles. The Balaban J connectivity index is 1.92. The average Bonchev–Trinajstić information content (AvgIpc) is 2.53. The molecular formula is C18H19ClN2O. The lowest BCUT2D eigenvalue weighted by Crippen LogP contribution is -2.09. The van der Waals surface area contributed by atoms with Crippen LogP contribution in [0.2, 0.25) is 5.02 Å². The molecule has 0 aliphatic carbocycles. The Labute approximate surface area is 136 Å². The van der Waals surface area contributed by atoms with Crippen LogP contribution in [0.15, 0.2) is 48.5 Å². The molecule has 4 heteroatoms. The summed E-state index contributed by atoms with van der Waals surface area (Å²) in [4.78, 5) is 2.04. The summed E-state index contributed by atoms with van der Waals surface area (Å²) in [6.07, 6.45) is 0.653. The molecule has 2 rings (SSSR count). The minimum Gasteiger partial charge on any atom is -0.494 e. The molecule has 1 unspecified atom stereocenters. The van der Waals surface area contributed by atoms with Crippen LogP contribution < -0.4 is 9.64 Å². The van der Waals surface area contributed by atoms with Crippen LogP contribution in [-0.2, 0) is 0 Å². The maximum atomic E-state index is 9.36. The lowest BCUT2D eigenvalue weighted by atomic mass is 9.97. The van der Waals surface area contributed by atoms with E-state index in [1.165, 1.54) is 0 Å². The Morgan fingerprint density at radius 2 is 1.73 bits per heavy atom. The zero-order chi connectivity index (χ0) is 15.9. The number of anilines is 1. The van der Waals surface area contributed by atoms with Crippen LogP contribution in [0.5, 0.6) is 5.75 Å². The Kier molecular flexibility index (Phi) is 5.68. The minimum atomic E-state index is -0.163. The summed E-state index contributed by atoms with van der Waals surface area (Å²) in [5.41, 5.74) is 2.14. The number of ether oxygens (including phenoxy) is 1. The van der Waals surface area contributed by atoms with E-state index in [1.54, 1.807) is 12.1 Å². The summed E-state index contributed by atoms with van der Waals surface area (Å²) < 4.78 is 5.66. The summed E-state index contributed by atoms with van der Waals surface area (Å²) in [7, 11) is 3.99. The van der Waals surface area contributed by atoms with E-state index in [9.17, 15) is 5.26 Å². The number of nitrogens with zero attached hydrogens (tertiary/aromatic N) is 2. The van der Waals surface area contributed by atoms with Gasteiger partial charge in [-0.25, -0.2) is 0 Å². The fourth-order valence-corrected chi connectivity index (χ4v) is 2.26. The maximum absolute atomic E-state index is 9.36. The van der Waals surface area contributed by atoms with Crippen LogP contribution in [0.4, 0.5) is 5.69 Å². The van der Waals surface area contributed by atoms with E-state index >= 15 is 0 Å². The quantitative estimate of drug-likeness (QED) is 0.788. The second kappa shape index (κ2) is 7.72. The molecule has 0 fully saturated rings. The molecule has 2 aromatic carbocycles. The molecular weight excluding hydrogens is 296 g/mol. The van der Waals surface area contributed by atoms with Crippen LogP contribution in [0.3, 0.4) is 0 Å². The molecule has 0 heterocycles. The van der Waals surface area contributed by atoms with Crippen molar-refractivity contribution >= 4 is 17.3 Å². The molecule has 1 atom stereocenters. The van der Waals surface area contributed by atoms with E-state index in [0.29, 0.717) is 18.1 Å². The van der Waals surface area contributed by atoms with Gasteiger partial charge in [-0.15, -0.1) is 0 Å². The Hall–Kier alpha value is -2.18. The van der Waals surface area contributed by atoms with Crippen molar-refractivity contribution in [3.8, 4) is 11.8 Å². The van der Waals surface area contributed by atoms with Crippen molar-refractivity contribution in [2.45, 2.75) is 12.3 Å². The van der Waals surface area contributed by atoms with E-state index in [2.05, 4.69) is 6.07 Å². The Morgan fingerprint density at radius 3 is 2.27 bits per heavy atom. The van der Waals surface area contributed by atoms with Gasteiger partial charge in [0.15, 0.2) is 0 Å². The molecule has 0 N–H and O–H groups in total.